The number of phenols is 1. The molecule has 8 nitrogen and oxygen atoms in total. The number of hydrogen-bond acceptors (Lipinski definition) is 6. The fourth-order valence-corrected chi connectivity index (χ4v) is 4.02. The van der Waals surface area contributed by atoms with Crippen molar-refractivity contribution in [1.29, 1.82) is 0 Å². The van der Waals surface area contributed by atoms with E-state index in [4.69, 9.17) is 0 Å². The average molecular weight is 449 g/mol. The van der Waals surface area contributed by atoms with Gasteiger partial charge in [0.05, 0.1) is 17.7 Å². The van der Waals surface area contributed by atoms with Crippen LogP contribution in [0.4, 0.5) is 10.8 Å². The third-order valence-electron chi connectivity index (χ3n) is 4.84. The van der Waals surface area contributed by atoms with Gasteiger partial charge in [-0.3, -0.25) is 19.7 Å². The number of aromatic amines is 1. The van der Waals surface area contributed by atoms with Crippen LogP contribution in [0.2, 0.25) is 0 Å². The van der Waals surface area contributed by atoms with E-state index in [-0.39, 0.29) is 29.2 Å². The van der Waals surface area contributed by atoms with Crippen molar-refractivity contribution in [3.05, 3.63) is 80.6 Å². The Morgan fingerprint density at radius 3 is 2.72 bits per heavy atom. The number of aryl methyl sites for hydroxylation is 2. The molecule has 0 fully saturated rings. The number of aromatic hydroxyl groups is 1. The molecule has 2 heterocycles. The Kier molecular flexibility index (Phi) is 5.74. The van der Waals surface area contributed by atoms with Crippen molar-refractivity contribution >= 4 is 44.9 Å². The van der Waals surface area contributed by atoms with Crippen molar-refractivity contribution in [3.63, 3.8) is 0 Å². The van der Waals surface area contributed by atoms with E-state index in [1.54, 1.807) is 35.7 Å². The summed E-state index contributed by atoms with van der Waals surface area (Å²) < 4.78 is 0. The second-order valence-corrected chi connectivity index (χ2v) is 8.28. The van der Waals surface area contributed by atoms with Crippen LogP contribution in [0.25, 0.3) is 10.9 Å². The predicted octanol–water partition coefficient (Wildman–Crippen LogP) is 3.74. The van der Waals surface area contributed by atoms with Gasteiger partial charge in [-0.05, 0) is 49.7 Å². The third-order valence-corrected chi connectivity index (χ3v) is 5.65. The van der Waals surface area contributed by atoms with Crippen molar-refractivity contribution in [2.75, 3.05) is 10.6 Å². The molecule has 0 aliphatic rings. The molecule has 0 bridgehead atoms. The normalized spacial score (nSPS) is 10.8. The second-order valence-electron chi connectivity index (χ2n) is 7.42. The van der Waals surface area contributed by atoms with E-state index in [9.17, 15) is 19.5 Å². The molecule has 4 rings (SSSR count). The summed E-state index contributed by atoms with van der Waals surface area (Å²) in [6.45, 7) is 3.66. The molecule has 162 valence electrons. The van der Waals surface area contributed by atoms with E-state index in [2.05, 4.69) is 20.6 Å². The standard InChI is InChI=1S/C23H20N4O4S/c1-12-3-6-19(28)17(7-12)22(31)27-23-25-15(11-32-23)10-21(30)24-14-4-5-18-16(9-14)13(2)8-20(29)26-18/h3-9,11,28H,10H2,1-2H3,(H,24,30)(H,26,29)(H,25,27,31). The minimum Gasteiger partial charge on any atom is -0.507 e. The number of nitrogens with one attached hydrogen (secondary N) is 3. The molecule has 4 N–H and O–H groups in total. The van der Waals surface area contributed by atoms with Gasteiger partial charge in [-0.25, -0.2) is 4.98 Å². The Hall–Kier alpha value is -3.98. The zero-order chi connectivity index (χ0) is 22.8. The maximum absolute atomic E-state index is 12.5. The van der Waals surface area contributed by atoms with Crippen molar-refractivity contribution in [1.82, 2.24) is 9.97 Å². The number of rotatable bonds is 5. The van der Waals surface area contributed by atoms with Gasteiger partial charge in [-0.1, -0.05) is 11.6 Å². The molecule has 32 heavy (non-hydrogen) atoms. The Labute approximate surface area is 187 Å². The first-order valence-corrected chi connectivity index (χ1v) is 10.7. The first kappa shape index (κ1) is 21.3. The van der Waals surface area contributed by atoms with Crippen LogP contribution in [0, 0.1) is 13.8 Å². The Morgan fingerprint density at radius 2 is 1.91 bits per heavy atom. The predicted molar refractivity (Wildman–Crippen MR) is 125 cm³/mol. The third kappa shape index (κ3) is 4.68. The van der Waals surface area contributed by atoms with Crippen LogP contribution in [0.5, 0.6) is 5.75 Å². The molecule has 0 aliphatic carbocycles. The molecule has 2 aromatic heterocycles. The fourth-order valence-electron chi connectivity index (χ4n) is 3.31. The summed E-state index contributed by atoms with van der Waals surface area (Å²) >= 11 is 1.20. The molecule has 0 aliphatic heterocycles. The van der Waals surface area contributed by atoms with Crippen molar-refractivity contribution in [2.45, 2.75) is 20.3 Å². The van der Waals surface area contributed by atoms with Gasteiger partial charge in [0, 0.05) is 28.0 Å². The summed E-state index contributed by atoms with van der Waals surface area (Å²) in [6.07, 6.45) is 0.0324. The smallest absolute Gasteiger partial charge is 0.261 e. The summed E-state index contributed by atoms with van der Waals surface area (Å²) in [7, 11) is 0. The zero-order valence-corrected chi connectivity index (χ0v) is 18.2. The van der Waals surface area contributed by atoms with Crippen LogP contribution in [-0.4, -0.2) is 26.9 Å². The summed E-state index contributed by atoms with van der Waals surface area (Å²) in [5.74, 6) is -0.842. The lowest BCUT2D eigenvalue weighted by atomic mass is 10.1. The van der Waals surface area contributed by atoms with Crippen LogP contribution in [-0.2, 0) is 11.2 Å². The van der Waals surface area contributed by atoms with E-state index >= 15 is 0 Å². The quantitative estimate of drug-likeness (QED) is 0.370. The van der Waals surface area contributed by atoms with Crippen LogP contribution in [0.1, 0.15) is 27.2 Å². The zero-order valence-electron chi connectivity index (χ0n) is 17.4. The van der Waals surface area contributed by atoms with Crippen molar-refractivity contribution < 1.29 is 14.7 Å². The van der Waals surface area contributed by atoms with Gasteiger partial charge in [0.15, 0.2) is 5.13 Å². The lowest BCUT2D eigenvalue weighted by molar-refractivity contribution is -0.115. The number of thiazole rings is 1. The molecule has 9 heteroatoms. The van der Waals surface area contributed by atoms with E-state index in [0.717, 1.165) is 16.5 Å². The summed E-state index contributed by atoms with van der Waals surface area (Å²) in [5, 5.41) is 18.3. The van der Waals surface area contributed by atoms with Crippen molar-refractivity contribution in [2.24, 2.45) is 0 Å². The monoisotopic (exact) mass is 448 g/mol. The molecular formula is C23H20N4O4S. The SMILES string of the molecule is Cc1ccc(O)c(C(=O)Nc2nc(CC(=O)Nc3ccc4[nH]c(=O)cc(C)c4c3)cs2)c1. The Balaban J connectivity index is 1.41. The van der Waals surface area contributed by atoms with E-state index < -0.39 is 5.91 Å². The van der Waals surface area contributed by atoms with Gasteiger partial charge < -0.3 is 15.4 Å². The maximum Gasteiger partial charge on any atom is 0.261 e. The highest BCUT2D eigenvalue weighted by Crippen LogP contribution is 2.23. The minimum absolute atomic E-state index is 0.0324. The molecule has 4 aromatic rings. The van der Waals surface area contributed by atoms with Gasteiger partial charge in [0.25, 0.3) is 5.91 Å². The molecule has 0 radical (unpaired) electrons. The van der Waals surface area contributed by atoms with Crippen LogP contribution < -0.4 is 16.2 Å². The number of fused-ring (bicyclic) bond motifs is 1. The number of H-pyrrole nitrogens is 1. The lowest BCUT2D eigenvalue weighted by Crippen LogP contribution is -2.15. The summed E-state index contributed by atoms with van der Waals surface area (Å²) in [6, 6.07) is 11.5. The van der Waals surface area contributed by atoms with E-state index in [1.165, 1.54) is 23.5 Å². The van der Waals surface area contributed by atoms with Gasteiger partial charge in [0.1, 0.15) is 5.75 Å². The molecule has 0 spiro atoms. The number of benzene rings is 2. The van der Waals surface area contributed by atoms with Crippen LogP contribution >= 0.6 is 11.3 Å². The topological polar surface area (TPSA) is 124 Å². The van der Waals surface area contributed by atoms with Crippen LogP contribution in [0.3, 0.4) is 0 Å². The second kappa shape index (κ2) is 8.64. The number of carbonyl (C=O) groups excluding carboxylic acids is 2. The first-order chi connectivity index (χ1) is 15.3. The highest BCUT2D eigenvalue weighted by molar-refractivity contribution is 7.14. The van der Waals surface area contributed by atoms with Gasteiger partial charge in [0.2, 0.25) is 11.5 Å². The van der Waals surface area contributed by atoms with Crippen LogP contribution in [0.15, 0.2) is 52.6 Å². The Morgan fingerprint density at radius 1 is 1.09 bits per heavy atom. The number of aromatic nitrogens is 2. The Bertz CT molecular complexity index is 1410. The first-order valence-electron chi connectivity index (χ1n) is 9.77. The number of carbonyl (C=O) groups is 2. The molecular weight excluding hydrogens is 428 g/mol. The lowest BCUT2D eigenvalue weighted by Gasteiger charge is -2.07. The largest absolute Gasteiger partial charge is 0.507 e. The molecule has 0 saturated heterocycles. The summed E-state index contributed by atoms with van der Waals surface area (Å²) in [5.41, 5.74) is 3.48. The number of nitrogens with zero attached hydrogens (tertiary/aromatic N) is 1. The number of pyridine rings is 1. The number of amides is 2. The van der Waals surface area contributed by atoms with Crippen molar-refractivity contribution in [3.8, 4) is 5.75 Å². The number of phenolic OH excluding ortho intramolecular Hbond substituents is 1. The molecule has 2 aromatic carbocycles. The number of anilines is 2. The maximum atomic E-state index is 12.5. The molecule has 2 amide bonds. The number of hydrogen-bond donors (Lipinski definition) is 4. The van der Waals surface area contributed by atoms with E-state index in [0.29, 0.717) is 22.0 Å². The highest BCUT2D eigenvalue weighted by atomic mass is 32.1. The minimum atomic E-state index is -0.471. The highest BCUT2D eigenvalue weighted by Gasteiger charge is 2.15. The molecule has 0 saturated carbocycles. The summed E-state index contributed by atoms with van der Waals surface area (Å²) in [4.78, 5) is 43.5. The van der Waals surface area contributed by atoms with E-state index in [1.807, 2.05) is 13.8 Å². The van der Waals surface area contributed by atoms with Gasteiger partial charge >= 0.3 is 0 Å². The van der Waals surface area contributed by atoms with Gasteiger partial charge in [-0.2, -0.15) is 0 Å². The fraction of sp³-hybridized carbons (Fsp3) is 0.130. The van der Waals surface area contributed by atoms with Gasteiger partial charge in [-0.15, -0.1) is 11.3 Å². The molecule has 0 unspecified atom stereocenters. The average Bonchev–Trinajstić information content (AvgIpc) is 3.16. The molecule has 0 atom stereocenters.